The first kappa shape index (κ1) is 18.1. The van der Waals surface area contributed by atoms with Crippen LogP contribution in [0.1, 0.15) is 12.0 Å². The minimum atomic E-state index is -2.91. The third-order valence-electron chi connectivity index (χ3n) is 4.24. The lowest BCUT2D eigenvalue weighted by atomic mass is 9.97. The van der Waals surface area contributed by atoms with Gasteiger partial charge in [-0.1, -0.05) is 12.1 Å². The Hall–Kier alpha value is -2.67. The Labute approximate surface area is 150 Å². The van der Waals surface area contributed by atoms with E-state index in [9.17, 15) is 8.78 Å². The van der Waals surface area contributed by atoms with E-state index in [-0.39, 0.29) is 18.6 Å². The molecule has 1 aliphatic heterocycles. The average Bonchev–Trinajstić information content (AvgIpc) is 3.09. The van der Waals surface area contributed by atoms with Crippen LogP contribution in [0.2, 0.25) is 0 Å². The molecule has 2 N–H and O–H groups in total. The van der Waals surface area contributed by atoms with Crippen molar-refractivity contribution in [3.8, 4) is 28.4 Å². The molecule has 3 rings (SSSR count). The fourth-order valence-electron chi connectivity index (χ4n) is 2.92. The summed E-state index contributed by atoms with van der Waals surface area (Å²) in [6.07, 6.45) is 2.61. The van der Waals surface area contributed by atoms with Crippen molar-refractivity contribution in [2.75, 3.05) is 13.8 Å². The maximum atomic E-state index is 12.8. The minimum Gasteiger partial charge on any atom is -0.454 e. The summed E-state index contributed by atoms with van der Waals surface area (Å²) in [6, 6.07) is 10.6. The van der Waals surface area contributed by atoms with Gasteiger partial charge in [-0.25, -0.2) is 0 Å². The summed E-state index contributed by atoms with van der Waals surface area (Å²) >= 11 is 0. The fraction of sp³-hybridized carbons (Fsp3) is 0.316. The molecule has 0 bridgehead atoms. The van der Waals surface area contributed by atoms with Gasteiger partial charge in [0.15, 0.2) is 11.5 Å². The molecule has 2 aromatic carbocycles. The monoisotopic (exact) mass is 362 g/mol. The number of ether oxygens (including phenoxy) is 3. The fourth-order valence-corrected chi connectivity index (χ4v) is 2.92. The molecular formula is C19H20F2N2O3. The maximum Gasteiger partial charge on any atom is 0.387 e. The van der Waals surface area contributed by atoms with Gasteiger partial charge in [-0.2, -0.15) is 8.78 Å². The number of fused-ring (bicyclic) bond motifs is 1. The molecule has 7 heteroatoms. The second-order valence-corrected chi connectivity index (χ2v) is 5.91. The van der Waals surface area contributed by atoms with Crippen molar-refractivity contribution in [1.29, 1.82) is 5.41 Å². The first-order chi connectivity index (χ1) is 12.6. The van der Waals surface area contributed by atoms with E-state index in [1.54, 1.807) is 30.3 Å². The van der Waals surface area contributed by atoms with Crippen molar-refractivity contribution in [2.45, 2.75) is 25.5 Å². The standard InChI is InChI=1S/C19H20F2N2O3/c1-23-14(6-7-22)8-12-2-4-16(26-19(20)21)15(9-12)13-3-5-17-18(10-13)25-11-24-17/h2-5,7,9-10,14,19,22-23H,6,8,11H2,1H3. The van der Waals surface area contributed by atoms with Crippen LogP contribution in [0.25, 0.3) is 11.1 Å². The van der Waals surface area contributed by atoms with Crippen molar-refractivity contribution in [1.82, 2.24) is 5.32 Å². The molecule has 5 nitrogen and oxygen atoms in total. The molecule has 2 aromatic rings. The lowest BCUT2D eigenvalue weighted by Gasteiger charge is -2.17. The van der Waals surface area contributed by atoms with Gasteiger partial charge in [0.2, 0.25) is 6.79 Å². The van der Waals surface area contributed by atoms with Crippen molar-refractivity contribution >= 4 is 6.21 Å². The van der Waals surface area contributed by atoms with E-state index in [1.165, 1.54) is 6.21 Å². The zero-order valence-electron chi connectivity index (χ0n) is 14.3. The molecule has 0 saturated heterocycles. The number of likely N-dealkylation sites (N-methyl/N-ethyl adjacent to an activating group) is 1. The predicted octanol–water partition coefficient (Wildman–Crippen LogP) is 3.85. The van der Waals surface area contributed by atoms with E-state index in [2.05, 4.69) is 5.32 Å². The van der Waals surface area contributed by atoms with Gasteiger partial charge in [-0.05, 0) is 61.5 Å². The number of alkyl halides is 2. The molecule has 1 atom stereocenters. The minimum absolute atomic E-state index is 0.0963. The van der Waals surface area contributed by atoms with Crippen molar-refractivity contribution in [3.63, 3.8) is 0 Å². The van der Waals surface area contributed by atoms with Crippen molar-refractivity contribution < 1.29 is 23.0 Å². The quantitative estimate of drug-likeness (QED) is 0.700. The summed E-state index contributed by atoms with van der Waals surface area (Å²) in [4.78, 5) is 0. The predicted molar refractivity (Wildman–Crippen MR) is 94.6 cm³/mol. The Morgan fingerprint density at radius 1 is 1.19 bits per heavy atom. The van der Waals surface area contributed by atoms with Gasteiger partial charge in [0.1, 0.15) is 5.75 Å². The molecule has 0 aliphatic carbocycles. The Kier molecular flexibility index (Phi) is 5.68. The van der Waals surface area contributed by atoms with E-state index in [0.29, 0.717) is 35.5 Å². The summed E-state index contributed by atoms with van der Waals surface area (Å²) in [5, 5.41) is 10.4. The molecule has 0 spiro atoms. The largest absolute Gasteiger partial charge is 0.454 e. The summed E-state index contributed by atoms with van der Waals surface area (Å²) < 4.78 is 41.0. The molecule has 138 valence electrons. The van der Waals surface area contributed by atoms with E-state index in [0.717, 1.165) is 5.56 Å². The normalized spacial score (nSPS) is 13.7. The highest BCUT2D eigenvalue weighted by Gasteiger charge is 2.18. The van der Waals surface area contributed by atoms with Gasteiger partial charge in [-0.3, -0.25) is 0 Å². The molecule has 0 amide bonds. The van der Waals surface area contributed by atoms with Gasteiger partial charge in [0.05, 0.1) is 0 Å². The van der Waals surface area contributed by atoms with E-state index >= 15 is 0 Å². The number of rotatable bonds is 8. The van der Waals surface area contributed by atoms with Gasteiger partial charge in [-0.15, -0.1) is 0 Å². The number of nitrogens with one attached hydrogen (secondary N) is 2. The second-order valence-electron chi connectivity index (χ2n) is 5.91. The van der Waals surface area contributed by atoms with Crippen LogP contribution in [0.5, 0.6) is 17.2 Å². The van der Waals surface area contributed by atoms with E-state index < -0.39 is 6.61 Å². The van der Waals surface area contributed by atoms with Crippen LogP contribution in [0.4, 0.5) is 8.78 Å². The molecule has 26 heavy (non-hydrogen) atoms. The first-order valence-electron chi connectivity index (χ1n) is 8.24. The van der Waals surface area contributed by atoms with Gasteiger partial charge in [0.25, 0.3) is 0 Å². The van der Waals surface area contributed by atoms with Crippen LogP contribution < -0.4 is 19.5 Å². The molecule has 0 fully saturated rings. The smallest absolute Gasteiger partial charge is 0.387 e. The SMILES string of the molecule is CNC(CC=N)Cc1ccc(OC(F)F)c(-c2ccc3c(c2)OCO3)c1. The summed E-state index contributed by atoms with van der Waals surface area (Å²) in [5.74, 6) is 1.31. The highest BCUT2D eigenvalue weighted by Crippen LogP contribution is 2.39. The zero-order chi connectivity index (χ0) is 18.5. The highest BCUT2D eigenvalue weighted by atomic mass is 19.3. The number of hydrogen-bond donors (Lipinski definition) is 2. The third-order valence-corrected chi connectivity index (χ3v) is 4.24. The molecule has 0 radical (unpaired) electrons. The van der Waals surface area contributed by atoms with Crippen molar-refractivity contribution in [3.05, 3.63) is 42.0 Å². The van der Waals surface area contributed by atoms with E-state index in [4.69, 9.17) is 19.6 Å². The Morgan fingerprint density at radius 2 is 2.00 bits per heavy atom. The molecule has 0 saturated carbocycles. The van der Waals surface area contributed by atoms with Gasteiger partial charge in [0, 0.05) is 11.6 Å². The van der Waals surface area contributed by atoms with Crippen LogP contribution in [0.3, 0.4) is 0 Å². The first-order valence-corrected chi connectivity index (χ1v) is 8.24. The Balaban J connectivity index is 1.96. The topological polar surface area (TPSA) is 63.6 Å². The second kappa shape index (κ2) is 8.14. The summed E-state index contributed by atoms with van der Waals surface area (Å²) in [5.41, 5.74) is 2.23. The van der Waals surface area contributed by atoms with Gasteiger partial charge >= 0.3 is 6.61 Å². The van der Waals surface area contributed by atoms with Crippen LogP contribution in [0, 0.1) is 5.41 Å². The number of halogens is 2. The van der Waals surface area contributed by atoms with Crippen LogP contribution in [-0.4, -0.2) is 32.7 Å². The third kappa shape index (κ3) is 4.11. The van der Waals surface area contributed by atoms with Crippen LogP contribution in [0.15, 0.2) is 36.4 Å². The van der Waals surface area contributed by atoms with E-state index in [1.807, 2.05) is 13.1 Å². The van der Waals surface area contributed by atoms with Gasteiger partial charge < -0.3 is 24.9 Å². The highest BCUT2D eigenvalue weighted by molar-refractivity contribution is 5.74. The maximum absolute atomic E-state index is 12.8. The lowest BCUT2D eigenvalue weighted by Crippen LogP contribution is -2.27. The Bertz CT molecular complexity index is 783. The molecule has 1 aliphatic rings. The van der Waals surface area contributed by atoms with Crippen LogP contribution in [-0.2, 0) is 6.42 Å². The Morgan fingerprint density at radius 3 is 2.73 bits per heavy atom. The lowest BCUT2D eigenvalue weighted by molar-refractivity contribution is -0.0494. The molecule has 1 unspecified atom stereocenters. The number of hydrogen-bond acceptors (Lipinski definition) is 5. The van der Waals surface area contributed by atoms with Crippen LogP contribution >= 0.6 is 0 Å². The number of benzene rings is 2. The molecule has 1 heterocycles. The summed E-state index contributed by atoms with van der Waals surface area (Å²) in [7, 11) is 1.83. The molecule has 0 aromatic heterocycles. The zero-order valence-corrected chi connectivity index (χ0v) is 14.3. The molecular weight excluding hydrogens is 342 g/mol. The average molecular weight is 362 g/mol. The van der Waals surface area contributed by atoms with Crippen molar-refractivity contribution in [2.24, 2.45) is 0 Å². The summed E-state index contributed by atoms with van der Waals surface area (Å²) in [6.45, 7) is -2.76.